The quantitative estimate of drug-likeness (QED) is 0.796. The molecule has 100 valence electrons. The summed E-state index contributed by atoms with van der Waals surface area (Å²) in [5.41, 5.74) is -0.456. The number of rotatable bonds is 2. The Hall–Kier alpha value is -1.43. The molecule has 1 fully saturated rings. The van der Waals surface area contributed by atoms with Crippen LogP contribution < -0.4 is 0 Å². The number of carbonyl (C=O) groups excluding carboxylic acids is 1. The molecule has 2 heterocycles. The van der Waals surface area contributed by atoms with E-state index >= 15 is 0 Å². The SMILES string of the molecule is CC(C)(C)C(=O)ON1CCC(n2cncn2)CC1. The molecule has 0 aromatic carbocycles. The first-order valence-electron chi connectivity index (χ1n) is 6.28. The van der Waals surface area contributed by atoms with E-state index in [1.54, 1.807) is 17.7 Å². The van der Waals surface area contributed by atoms with Gasteiger partial charge in [0.05, 0.1) is 11.5 Å². The molecular weight excluding hydrogens is 232 g/mol. The summed E-state index contributed by atoms with van der Waals surface area (Å²) in [5, 5.41) is 5.90. The lowest BCUT2D eigenvalue weighted by molar-refractivity contribution is -0.205. The van der Waals surface area contributed by atoms with Crippen molar-refractivity contribution in [2.24, 2.45) is 5.41 Å². The minimum absolute atomic E-state index is 0.179. The molecule has 0 amide bonds. The van der Waals surface area contributed by atoms with Gasteiger partial charge in [0.15, 0.2) is 0 Å². The van der Waals surface area contributed by atoms with Gasteiger partial charge in [0.1, 0.15) is 12.7 Å². The lowest BCUT2D eigenvalue weighted by Crippen LogP contribution is -2.39. The molecule has 0 unspecified atom stereocenters. The van der Waals surface area contributed by atoms with E-state index in [2.05, 4.69) is 10.1 Å². The van der Waals surface area contributed by atoms with Crippen LogP contribution in [0.25, 0.3) is 0 Å². The second-order valence-electron chi connectivity index (χ2n) is 5.66. The molecule has 0 atom stereocenters. The largest absolute Gasteiger partial charge is 0.367 e. The van der Waals surface area contributed by atoms with Crippen molar-refractivity contribution in [1.29, 1.82) is 0 Å². The minimum Gasteiger partial charge on any atom is -0.367 e. The van der Waals surface area contributed by atoms with Crippen LogP contribution in [0.1, 0.15) is 39.7 Å². The van der Waals surface area contributed by atoms with Gasteiger partial charge in [-0.1, -0.05) is 0 Å². The monoisotopic (exact) mass is 252 g/mol. The number of hydrogen-bond acceptors (Lipinski definition) is 5. The summed E-state index contributed by atoms with van der Waals surface area (Å²) in [5.74, 6) is -0.179. The van der Waals surface area contributed by atoms with E-state index in [1.165, 1.54) is 0 Å². The molecule has 0 N–H and O–H groups in total. The van der Waals surface area contributed by atoms with Crippen LogP contribution in [0.3, 0.4) is 0 Å². The number of piperidine rings is 1. The van der Waals surface area contributed by atoms with Gasteiger partial charge < -0.3 is 4.84 Å². The molecule has 2 rings (SSSR count). The summed E-state index contributed by atoms with van der Waals surface area (Å²) in [6.45, 7) is 7.06. The van der Waals surface area contributed by atoms with Crippen molar-refractivity contribution in [3.05, 3.63) is 12.7 Å². The molecule has 0 aliphatic carbocycles. The summed E-state index contributed by atoms with van der Waals surface area (Å²) < 4.78 is 1.88. The van der Waals surface area contributed by atoms with Crippen molar-refractivity contribution >= 4 is 5.97 Å². The fraction of sp³-hybridized carbons (Fsp3) is 0.750. The highest BCUT2D eigenvalue weighted by atomic mass is 16.7. The van der Waals surface area contributed by atoms with Gasteiger partial charge in [-0.3, -0.25) is 0 Å². The smallest absolute Gasteiger partial charge is 0.330 e. The molecule has 1 aromatic heterocycles. The maximum atomic E-state index is 11.8. The summed E-state index contributed by atoms with van der Waals surface area (Å²) in [7, 11) is 0. The first-order valence-corrected chi connectivity index (χ1v) is 6.28. The van der Waals surface area contributed by atoms with Gasteiger partial charge in [-0.15, -0.1) is 5.06 Å². The molecular formula is C12H20N4O2. The Labute approximate surface area is 107 Å². The van der Waals surface area contributed by atoms with Crippen LogP contribution in [-0.4, -0.2) is 38.9 Å². The molecule has 1 aliphatic heterocycles. The van der Waals surface area contributed by atoms with E-state index in [1.807, 2.05) is 25.5 Å². The summed E-state index contributed by atoms with van der Waals surface area (Å²) in [6.07, 6.45) is 5.12. The lowest BCUT2D eigenvalue weighted by Gasteiger charge is -2.31. The molecule has 0 spiro atoms. The zero-order chi connectivity index (χ0) is 13.2. The third-order valence-corrected chi connectivity index (χ3v) is 3.06. The highest BCUT2D eigenvalue weighted by molar-refractivity contribution is 5.75. The standard InChI is InChI=1S/C12H20N4O2/c1-12(2,3)11(17)18-15-6-4-10(5-7-15)16-9-13-8-14-16/h8-10H,4-7H2,1-3H3. The molecule has 1 aliphatic rings. The predicted molar refractivity (Wildman–Crippen MR) is 65.4 cm³/mol. The lowest BCUT2D eigenvalue weighted by atomic mass is 9.98. The van der Waals surface area contributed by atoms with E-state index in [0.29, 0.717) is 6.04 Å². The van der Waals surface area contributed by atoms with Crippen LogP contribution in [0, 0.1) is 5.41 Å². The van der Waals surface area contributed by atoms with E-state index in [4.69, 9.17) is 4.84 Å². The fourth-order valence-corrected chi connectivity index (χ4v) is 1.86. The van der Waals surface area contributed by atoms with Gasteiger partial charge in [-0.05, 0) is 33.6 Å². The van der Waals surface area contributed by atoms with Gasteiger partial charge in [0.2, 0.25) is 0 Å². The Morgan fingerprint density at radius 2 is 2.00 bits per heavy atom. The molecule has 6 heteroatoms. The van der Waals surface area contributed by atoms with Crippen molar-refractivity contribution in [1.82, 2.24) is 19.8 Å². The normalized spacial score (nSPS) is 18.8. The van der Waals surface area contributed by atoms with Gasteiger partial charge in [-0.2, -0.15) is 5.10 Å². The zero-order valence-corrected chi connectivity index (χ0v) is 11.2. The summed E-state index contributed by atoms with van der Waals surface area (Å²) >= 11 is 0. The molecule has 1 aromatic rings. The second kappa shape index (κ2) is 5.06. The molecule has 18 heavy (non-hydrogen) atoms. The topological polar surface area (TPSA) is 60.2 Å². The zero-order valence-electron chi connectivity index (χ0n) is 11.2. The van der Waals surface area contributed by atoms with Crippen LogP contribution in [0.4, 0.5) is 0 Å². The Kier molecular flexibility index (Phi) is 3.65. The van der Waals surface area contributed by atoms with E-state index in [9.17, 15) is 4.79 Å². The van der Waals surface area contributed by atoms with Crippen LogP contribution in [0.15, 0.2) is 12.7 Å². The highest BCUT2D eigenvalue weighted by Crippen LogP contribution is 2.23. The summed E-state index contributed by atoms with van der Waals surface area (Å²) in [6, 6.07) is 0.358. The van der Waals surface area contributed by atoms with Crippen molar-refractivity contribution in [3.8, 4) is 0 Å². The molecule has 0 radical (unpaired) electrons. The average Bonchev–Trinajstić information content (AvgIpc) is 2.82. The van der Waals surface area contributed by atoms with E-state index in [-0.39, 0.29) is 5.97 Å². The number of hydrogen-bond donors (Lipinski definition) is 0. The average molecular weight is 252 g/mol. The Bertz CT molecular complexity index is 389. The minimum atomic E-state index is -0.456. The van der Waals surface area contributed by atoms with Gasteiger partial charge in [0.25, 0.3) is 0 Å². The van der Waals surface area contributed by atoms with E-state index in [0.717, 1.165) is 25.9 Å². The molecule has 0 bridgehead atoms. The van der Waals surface area contributed by atoms with Gasteiger partial charge >= 0.3 is 5.97 Å². The third kappa shape index (κ3) is 3.07. The Morgan fingerprint density at radius 1 is 1.33 bits per heavy atom. The van der Waals surface area contributed by atoms with Crippen LogP contribution in [0.2, 0.25) is 0 Å². The second-order valence-corrected chi connectivity index (χ2v) is 5.66. The summed E-state index contributed by atoms with van der Waals surface area (Å²) in [4.78, 5) is 21.1. The van der Waals surface area contributed by atoms with E-state index < -0.39 is 5.41 Å². The van der Waals surface area contributed by atoms with Crippen molar-refractivity contribution in [3.63, 3.8) is 0 Å². The van der Waals surface area contributed by atoms with Crippen molar-refractivity contribution in [2.75, 3.05) is 13.1 Å². The number of nitrogens with zero attached hydrogens (tertiary/aromatic N) is 4. The Morgan fingerprint density at radius 3 is 2.50 bits per heavy atom. The molecule has 6 nitrogen and oxygen atoms in total. The third-order valence-electron chi connectivity index (χ3n) is 3.06. The predicted octanol–water partition coefficient (Wildman–Crippen LogP) is 1.42. The number of hydroxylamine groups is 2. The van der Waals surface area contributed by atoms with Crippen molar-refractivity contribution < 1.29 is 9.63 Å². The molecule has 0 saturated carbocycles. The van der Waals surface area contributed by atoms with Gasteiger partial charge in [-0.25, -0.2) is 14.5 Å². The van der Waals surface area contributed by atoms with Crippen LogP contribution in [-0.2, 0) is 9.63 Å². The molecule has 1 saturated heterocycles. The van der Waals surface area contributed by atoms with Crippen LogP contribution >= 0.6 is 0 Å². The van der Waals surface area contributed by atoms with Crippen LogP contribution in [0.5, 0.6) is 0 Å². The first kappa shape index (κ1) is 13.0. The highest BCUT2D eigenvalue weighted by Gasteiger charge is 2.28. The van der Waals surface area contributed by atoms with Crippen molar-refractivity contribution in [2.45, 2.75) is 39.7 Å². The van der Waals surface area contributed by atoms with Gasteiger partial charge in [0, 0.05) is 13.1 Å². The Balaban J connectivity index is 1.82. The maximum Gasteiger partial charge on any atom is 0.330 e. The fourth-order valence-electron chi connectivity index (χ4n) is 1.86. The number of carbonyl (C=O) groups is 1. The maximum absolute atomic E-state index is 11.8. The number of aromatic nitrogens is 3. The first-order chi connectivity index (χ1) is 8.47.